The van der Waals surface area contributed by atoms with E-state index in [1.165, 1.54) is 0 Å². The molecule has 6 N–H and O–H groups in total. The quantitative estimate of drug-likeness (QED) is 0.190. The number of hydrogen-bond acceptors (Lipinski definition) is 5. The molecule has 2 unspecified atom stereocenters. The van der Waals surface area contributed by atoms with Gasteiger partial charge in [-0.2, -0.15) is 0 Å². The second-order valence-corrected chi connectivity index (χ2v) is 11.7. The molecule has 230 valence electrons. The fourth-order valence-electron chi connectivity index (χ4n) is 4.44. The van der Waals surface area contributed by atoms with E-state index in [9.17, 15) is 19.2 Å². The summed E-state index contributed by atoms with van der Waals surface area (Å²) >= 11 is 0. The summed E-state index contributed by atoms with van der Waals surface area (Å²) in [5.41, 5.74) is 4.80. The van der Waals surface area contributed by atoms with Gasteiger partial charge in [0.25, 0.3) is 0 Å². The number of unbranched alkanes of at least 4 members (excludes halogenated alkanes) is 4. The molecule has 42 heavy (non-hydrogen) atoms. The van der Waals surface area contributed by atoms with Gasteiger partial charge in [0.1, 0.15) is 17.2 Å². The van der Waals surface area contributed by atoms with Gasteiger partial charge in [0.05, 0.1) is 0 Å². The van der Waals surface area contributed by atoms with Crippen molar-refractivity contribution in [2.24, 2.45) is 5.73 Å². The highest BCUT2D eigenvalue weighted by molar-refractivity contribution is 5.94. The third-order valence-electron chi connectivity index (χ3n) is 6.53. The van der Waals surface area contributed by atoms with Crippen LogP contribution < -0.4 is 27.0 Å². The summed E-state index contributed by atoms with van der Waals surface area (Å²) in [4.78, 5) is 50.6. The number of carbonyl (C=O) groups excluding carboxylic acids is 4. The van der Waals surface area contributed by atoms with Crippen LogP contribution in [0.2, 0.25) is 0 Å². The Morgan fingerprint density at radius 1 is 0.762 bits per heavy atom. The molecule has 0 radical (unpaired) electrons. The zero-order valence-electron chi connectivity index (χ0n) is 25.3. The summed E-state index contributed by atoms with van der Waals surface area (Å²) in [6, 6.07) is 17.4. The van der Waals surface area contributed by atoms with Gasteiger partial charge in [-0.3, -0.25) is 9.59 Å². The van der Waals surface area contributed by atoms with E-state index in [2.05, 4.69) is 21.3 Å². The molecule has 0 aliphatic rings. The summed E-state index contributed by atoms with van der Waals surface area (Å²) in [5.74, 6) is -0.788. The number of carbonyl (C=O) groups is 4. The number of rotatable bonds is 16. The van der Waals surface area contributed by atoms with Crippen LogP contribution in [-0.2, 0) is 27.2 Å². The van der Waals surface area contributed by atoms with Gasteiger partial charge in [-0.1, -0.05) is 79.9 Å². The number of hydrogen-bond donors (Lipinski definition) is 5. The Balaban J connectivity index is 2.09. The zero-order chi connectivity index (χ0) is 31.0. The van der Waals surface area contributed by atoms with Crippen LogP contribution in [0.3, 0.4) is 0 Å². The molecule has 0 heterocycles. The Morgan fingerprint density at radius 3 is 1.83 bits per heavy atom. The summed E-state index contributed by atoms with van der Waals surface area (Å²) in [6.07, 6.45) is 4.23. The predicted octanol–water partition coefficient (Wildman–Crippen LogP) is 3.98. The van der Waals surface area contributed by atoms with Crippen LogP contribution >= 0.6 is 0 Å². The first kappa shape index (κ1) is 34.1. The third kappa shape index (κ3) is 13.5. The summed E-state index contributed by atoms with van der Waals surface area (Å²) in [6.45, 7) is 7.97. The van der Waals surface area contributed by atoms with Crippen molar-refractivity contribution in [3.05, 3.63) is 71.8 Å². The molecule has 0 saturated heterocycles. The number of amides is 5. The second kappa shape index (κ2) is 17.0. The van der Waals surface area contributed by atoms with Crippen molar-refractivity contribution in [1.29, 1.82) is 0 Å². The molecule has 0 bridgehead atoms. The molecule has 2 rings (SSSR count). The van der Waals surface area contributed by atoms with E-state index in [-0.39, 0.29) is 18.7 Å². The minimum atomic E-state index is -1.27. The lowest BCUT2D eigenvalue weighted by Crippen LogP contribution is -2.62. The lowest BCUT2D eigenvalue weighted by molar-refractivity contribution is -0.133. The monoisotopic (exact) mass is 581 g/mol. The molecule has 2 atom stereocenters. The molecule has 0 saturated carbocycles. The molecule has 5 amide bonds. The van der Waals surface area contributed by atoms with Crippen LogP contribution in [0.5, 0.6) is 0 Å². The van der Waals surface area contributed by atoms with Crippen molar-refractivity contribution in [3.63, 3.8) is 0 Å². The van der Waals surface area contributed by atoms with E-state index in [0.717, 1.165) is 43.2 Å². The number of benzene rings is 2. The molecule has 10 heteroatoms. The Kier molecular flexibility index (Phi) is 13.8. The Morgan fingerprint density at radius 2 is 1.29 bits per heavy atom. The first-order valence-electron chi connectivity index (χ1n) is 14.6. The zero-order valence-corrected chi connectivity index (χ0v) is 25.3. The highest BCUT2D eigenvalue weighted by Gasteiger charge is 2.37. The predicted molar refractivity (Wildman–Crippen MR) is 164 cm³/mol. The maximum Gasteiger partial charge on any atom is 0.408 e. The van der Waals surface area contributed by atoms with Crippen molar-refractivity contribution in [1.82, 2.24) is 21.3 Å². The molecule has 0 aliphatic heterocycles. The number of primary amides is 1. The van der Waals surface area contributed by atoms with Crippen LogP contribution in [0.15, 0.2) is 60.7 Å². The average molecular weight is 582 g/mol. The van der Waals surface area contributed by atoms with E-state index in [0.29, 0.717) is 13.1 Å². The number of alkyl carbamates (subject to hydrolysis) is 1. The van der Waals surface area contributed by atoms with E-state index >= 15 is 0 Å². The summed E-state index contributed by atoms with van der Waals surface area (Å²) in [7, 11) is 0. The van der Waals surface area contributed by atoms with Gasteiger partial charge in [-0.15, -0.1) is 0 Å². The van der Waals surface area contributed by atoms with Gasteiger partial charge in [-0.05, 0) is 51.7 Å². The van der Waals surface area contributed by atoms with Gasteiger partial charge >= 0.3 is 12.1 Å². The molecule has 10 nitrogen and oxygen atoms in total. The molecule has 2 aromatic carbocycles. The maximum absolute atomic E-state index is 13.7. The topological polar surface area (TPSA) is 152 Å². The van der Waals surface area contributed by atoms with Crippen molar-refractivity contribution in [2.75, 3.05) is 13.1 Å². The van der Waals surface area contributed by atoms with Gasteiger partial charge in [0.2, 0.25) is 11.8 Å². The Bertz CT molecular complexity index is 1140. The van der Waals surface area contributed by atoms with Crippen LogP contribution in [0.4, 0.5) is 9.59 Å². The Hall–Kier alpha value is -4.08. The second-order valence-electron chi connectivity index (χ2n) is 11.7. The first-order chi connectivity index (χ1) is 19.9. The normalized spacial score (nSPS) is 13.2. The molecular formula is C32H47N5O5. The standard InChI is InChI=1S/C32H47N5O5/c1-31(2,3)42-30(41)36-26(22-24-16-10-8-11-17-24)27(38)37-32(4,23-25-18-12-9-13-19-25)28(39)34-20-14-6-5-7-15-21-35-29(33)40/h8-13,16-19,26H,5-7,14-15,20-23H2,1-4H3,(H,34,39)(H,36,41)(H,37,38)(H3,33,35,40). The van der Waals surface area contributed by atoms with Gasteiger partial charge < -0.3 is 31.7 Å². The number of nitrogens with one attached hydrogen (secondary N) is 4. The smallest absolute Gasteiger partial charge is 0.408 e. The van der Waals surface area contributed by atoms with Crippen LogP contribution in [0.25, 0.3) is 0 Å². The van der Waals surface area contributed by atoms with Crippen molar-refractivity contribution in [3.8, 4) is 0 Å². The van der Waals surface area contributed by atoms with E-state index < -0.39 is 35.2 Å². The fourth-order valence-corrected chi connectivity index (χ4v) is 4.44. The molecule has 0 aromatic heterocycles. The minimum Gasteiger partial charge on any atom is -0.444 e. The average Bonchev–Trinajstić information content (AvgIpc) is 2.91. The van der Waals surface area contributed by atoms with Crippen molar-refractivity contribution < 1.29 is 23.9 Å². The van der Waals surface area contributed by atoms with Crippen LogP contribution in [0, 0.1) is 0 Å². The van der Waals surface area contributed by atoms with Crippen LogP contribution in [0.1, 0.15) is 70.9 Å². The summed E-state index contributed by atoms with van der Waals surface area (Å²) < 4.78 is 5.41. The lowest BCUT2D eigenvalue weighted by Gasteiger charge is -2.32. The van der Waals surface area contributed by atoms with Crippen molar-refractivity contribution >= 4 is 23.9 Å². The molecule has 2 aromatic rings. The largest absolute Gasteiger partial charge is 0.444 e. The lowest BCUT2D eigenvalue weighted by atomic mass is 9.90. The highest BCUT2D eigenvalue weighted by Crippen LogP contribution is 2.16. The molecule has 0 fully saturated rings. The fraction of sp³-hybridized carbons (Fsp3) is 0.500. The van der Waals surface area contributed by atoms with Gasteiger partial charge in [0.15, 0.2) is 0 Å². The van der Waals surface area contributed by atoms with Crippen LogP contribution in [-0.4, -0.2) is 54.2 Å². The van der Waals surface area contributed by atoms with Gasteiger partial charge in [-0.25, -0.2) is 9.59 Å². The molecular weight excluding hydrogens is 534 g/mol. The van der Waals surface area contributed by atoms with E-state index in [1.807, 2.05) is 60.7 Å². The number of urea groups is 1. The van der Waals surface area contributed by atoms with Gasteiger partial charge in [0, 0.05) is 25.9 Å². The van der Waals surface area contributed by atoms with E-state index in [4.69, 9.17) is 10.5 Å². The SMILES string of the molecule is CC(C)(C)OC(=O)NC(Cc1ccccc1)C(=O)NC(C)(Cc1ccccc1)C(=O)NCCCCCCCNC(N)=O. The van der Waals surface area contributed by atoms with E-state index in [1.54, 1.807) is 27.7 Å². The Labute approximate surface area is 249 Å². The minimum absolute atomic E-state index is 0.226. The number of ether oxygens (including phenoxy) is 1. The molecule has 0 aliphatic carbocycles. The summed E-state index contributed by atoms with van der Waals surface area (Å²) in [5, 5.41) is 11.2. The third-order valence-corrected chi connectivity index (χ3v) is 6.53. The van der Waals surface area contributed by atoms with Crippen molar-refractivity contribution in [2.45, 2.75) is 89.8 Å². The number of nitrogens with two attached hydrogens (primary N) is 1. The highest BCUT2D eigenvalue weighted by atomic mass is 16.6. The molecule has 0 spiro atoms. The maximum atomic E-state index is 13.7. The first-order valence-corrected chi connectivity index (χ1v) is 14.6.